The van der Waals surface area contributed by atoms with E-state index in [2.05, 4.69) is 10.3 Å². The molecular formula is C15H20ClN3O2. The molecule has 2 fully saturated rings. The van der Waals surface area contributed by atoms with Crippen LogP contribution < -0.4 is 5.32 Å². The molecule has 21 heavy (non-hydrogen) atoms. The van der Waals surface area contributed by atoms with Crippen molar-refractivity contribution < 1.29 is 9.53 Å². The van der Waals surface area contributed by atoms with E-state index in [0.29, 0.717) is 29.7 Å². The first kappa shape index (κ1) is 14.6. The van der Waals surface area contributed by atoms with Gasteiger partial charge in [0.15, 0.2) is 0 Å². The molecule has 1 aromatic rings. The van der Waals surface area contributed by atoms with Gasteiger partial charge in [-0.2, -0.15) is 0 Å². The Bertz CT molecular complexity index is 536. The molecule has 1 saturated carbocycles. The fraction of sp³-hybridized carbons (Fsp3) is 0.600. The van der Waals surface area contributed by atoms with E-state index in [-0.39, 0.29) is 18.1 Å². The van der Waals surface area contributed by atoms with E-state index in [4.69, 9.17) is 16.3 Å². The Hall–Kier alpha value is -1.33. The number of hydrogen-bond acceptors (Lipinski definition) is 4. The van der Waals surface area contributed by atoms with Gasteiger partial charge in [0, 0.05) is 19.2 Å². The third kappa shape index (κ3) is 2.99. The Morgan fingerprint density at radius 3 is 3.05 bits per heavy atom. The molecule has 6 heteroatoms. The van der Waals surface area contributed by atoms with Gasteiger partial charge in [0.1, 0.15) is 11.0 Å². The molecule has 1 aromatic heterocycles. The number of ether oxygens (including phenoxy) is 1. The van der Waals surface area contributed by atoms with Crippen LogP contribution in [0.4, 0.5) is 5.82 Å². The van der Waals surface area contributed by atoms with Crippen molar-refractivity contribution in [2.24, 2.45) is 0 Å². The van der Waals surface area contributed by atoms with Gasteiger partial charge in [0.2, 0.25) is 0 Å². The van der Waals surface area contributed by atoms with Crippen LogP contribution in [0.15, 0.2) is 12.1 Å². The molecule has 0 radical (unpaired) electrons. The first-order valence-corrected chi connectivity index (χ1v) is 7.85. The topological polar surface area (TPSA) is 54.5 Å². The van der Waals surface area contributed by atoms with Crippen molar-refractivity contribution in [2.45, 2.75) is 37.8 Å². The SMILES string of the molecule is CNc1cc(C(=O)N2CCOC3CCCCC32)cc(Cl)n1. The van der Waals surface area contributed by atoms with Gasteiger partial charge in [-0.1, -0.05) is 24.4 Å². The van der Waals surface area contributed by atoms with Crippen LogP contribution in [0.3, 0.4) is 0 Å². The highest BCUT2D eigenvalue weighted by Crippen LogP contribution is 2.30. The van der Waals surface area contributed by atoms with Crippen molar-refractivity contribution >= 4 is 23.3 Å². The number of carbonyl (C=O) groups excluding carboxylic acids is 1. The van der Waals surface area contributed by atoms with Crippen LogP contribution in [-0.4, -0.2) is 48.1 Å². The first-order valence-electron chi connectivity index (χ1n) is 7.47. The number of anilines is 1. The van der Waals surface area contributed by atoms with Gasteiger partial charge in [-0.3, -0.25) is 4.79 Å². The molecule has 5 nitrogen and oxygen atoms in total. The molecule has 1 aliphatic heterocycles. The van der Waals surface area contributed by atoms with Crippen LogP contribution in [0, 0.1) is 0 Å². The van der Waals surface area contributed by atoms with E-state index in [1.807, 2.05) is 4.90 Å². The minimum absolute atomic E-state index is 0.0241. The first-order chi connectivity index (χ1) is 10.2. The average Bonchev–Trinajstić information content (AvgIpc) is 2.53. The van der Waals surface area contributed by atoms with Crippen LogP contribution in [0.2, 0.25) is 5.15 Å². The fourth-order valence-corrected chi connectivity index (χ4v) is 3.47. The standard InChI is InChI=1S/C15H20ClN3O2/c1-17-14-9-10(8-13(16)18-14)15(20)19-6-7-21-12-5-3-2-4-11(12)19/h8-9,11-12H,2-7H2,1H3,(H,17,18). The summed E-state index contributed by atoms with van der Waals surface area (Å²) in [7, 11) is 1.76. The summed E-state index contributed by atoms with van der Waals surface area (Å²) in [4.78, 5) is 18.9. The lowest BCUT2D eigenvalue weighted by molar-refractivity contribution is -0.0752. The predicted molar refractivity (Wildman–Crippen MR) is 81.8 cm³/mol. The van der Waals surface area contributed by atoms with Gasteiger partial charge < -0.3 is 15.0 Å². The summed E-state index contributed by atoms with van der Waals surface area (Å²) in [5.41, 5.74) is 0.588. The van der Waals surface area contributed by atoms with E-state index < -0.39 is 0 Å². The van der Waals surface area contributed by atoms with E-state index in [9.17, 15) is 4.79 Å². The summed E-state index contributed by atoms with van der Waals surface area (Å²) < 4.78 is 5.82. The van der Waals surface area contributed by atoms with Crippen molar-refractivity contribution in [3.63, 3.8) is 0 Å². The van der Waals surface area contributed by atoms with Gasteiger partial charge >= 0.3 is 0 Å². The molecule has 1 saturated heterocycles. The van der Waals surface area contributed by atoms with Gasteiger partial charge in [-0.15, -0.1) is 0 Å². The smallest absolute Gasteiger partial charge is 0.254 e. The van der Waals surface area contributed by atoms with Crippen LogP contribution in [0.5, 0.6) is 0 Å². The second-order valence-electron chi connectivity index (χ2n) is 5.57. The number of hydrogen-bond donors (Lipinski definition) is 1. The lowest BCUT2D eigenvalue weighted by Crippen LogP contribution is -2.54. The molecule has 1 N–H and O–H groups in total. The zero-order valence-corrected chi connectivity index (χ0v) is 12.9. The normalized spacial score (nSPS) is 25.3. The number of amides is 1. The van der Waals surface area contributed by atoms with Gasteiger partial charge in [0.05, 0.1) is 18.8 Å². The Kier molecular flexibility index (Phi) is 4.31. The lowest BCUT2D eigenvalue weighted by atomic mass is 9.90. The summed E-state index contributed by atoms with van der Waals surface area (Å²) in [5.74, 6) is 0.635. The maximum absolute atomic E-state index is 12.8. The molecule has 114 valence electrons. The Labute approximate surface area is 129 Å². The maximum atomic E-state index is 12.8. The summed E-state index contributed by atoms with van der Waals surface area (Å²) >= 11 is 6.00. The second kappa shape index (κ2) is 6.20. The summed E-state index contributed by atoms with van der Waals surface area (Å²) in [6.07, 6.45) is 4.61. The van der Waals surface area contributed by atoms with E-state index >= 15 is 0 Å². The van der Waals surface area contributed by atoms with Crippen molar-refractivity contribution in [3.05, 3.63) is 22.8 Å². The van der Waals surface area contributed by atoms with E-state index in [0.717, 1.165) is 19.3 Å². The zero-order chi connectivity index (χ0) is 14.8. The number of rotatable bonds is 2. The van der Waals surface area contributed by atoms with Crippen LogP contribution in [0.1, 0.15) is 36.0 Å². The fourth-order valence-electron chi connectivity index (χ4n) is 3.26. The lowest BCUT2D eigenvalue weighted by Gasteiger charge is -2.43. The van der Waals surface area contributed by atoms with Crippen LogP contribution in [0.25, 0.3) is 0 Å². The third-order valence-electron chi connectivity index (χ3n) is 4.29. The number of nitrogens with zero attached hydrogens (tertiary/aromatic N) is 2. The molecule has 3 rings (SSSR count). The van der Waals surface area contributed by atoms with Gasteiger partial charge in [0.25, 0.3) is 5.91 Å². The molecule has 2 heterocycles. The molecule has 2 aliphatic rings. The summed E-state index contributed by atoms with van der Waals surface area (Å²) in [6, 6.07) is 3.59. The van der Waals surface area contributed by atoms with Crippen molar-refractivity contribution in [3.8, 4) is 0 Å². The van der Waals surface area contributed by atoms with E-state index in [1.54, 1.807) is 19.2 Å². The molecule has 1 amide bonds. The van der Waals surface area contributed by atoms with Crippen molar-refractivity contribution in [1.29, 1.82) is 0 Å². The van der Waals surface area contributed by atoms with E-state index in [1.165, 1.54) is 6.42 Å². The Balaban J connectivity index is 1.85. The molecular weight excluding hydrogens is 290 g/mol. The van der Waals surface area contributed by atoms with Crippen molar-refractivity contribution in [1.82, 2.24) is 9.88 Å². The highest BCUT2D eigenvalue weighted by atomic mass is 35.5. The molecule has 2 unspecified atom stereocenters. The highest BCUT2D eigenvalue weighted by Gasteiger charge is 2.37. The maximum Gasteiger partial charge on any atom is 0.254 e. The number of halogens is 1. The molecule has 2 atom stereocenters. The number of carbonyl (C=O) groups is 1. The number of aromatic nitrogens is 1. The van der Waals surface area contributed by atoms with Gasteiger partial charge in [-0.25, -0.2) is 4.98 Å². The van der Waals surface area contributed by atoms with Crippen LogP contribution >= 0.6 is 11.6 Å². The quantitative estimate of drug-likeness (QED) is 0.853. The summed E-state index contributed by atoms with van der Waals surface area (Å²) in [5, 5.41) is 3.26. The minimum Gasteiger partial charge on any atom is -0.374 e. The number of fused-ring (bicyclic) bond motifs is 1. The largest absolute Gasteiger partial charge is 0.374 e. The predicted octanol–water partition coefficient (Wildman–Crippen LogP) is 2.56. The second-order valence-corrected chi connectivity index (χ2v) is 5.96. The molecule has 0 bridgehead atoms. The number of pyridine rings is 1. The average molecular weight is 310 g/mol. The van der Waals surface area contributed by atoms with Gasteiger partial charge in [-0.05, 0) is 25.0 Å². The summed E-state index contributed by atoms with van der Waals surface area (Å²) in [6.45, 7) is 1.26. The molecule has 0 aromatic carbocycles. The molecule has 1 aliphatic carbocycles. The third-order valence-corrected chi connectivity index (χ3v) is 4.48. The number of nitrogens with one attached hydrogen (secondary N) is 1. The Morgan fingerprint density at radius 2 is 2.24 bits per heavy atom. The minimum atomic E-state index is 0.0241. The zero-order valence-electron chi connectivity index (χ0n) is 12.1. The van der Waals surface area contributed by atoms with Crippen molar-refractivity contribution in [2.75, 3.05) is 25.5 Å². The Morgan fingerprint density at radius 1 is 1.43 bits per heavy atom. The molecule has 0 spiro atoms. The van der Waals surface area contributed by atoms with Crippen LogP contribution in [-0.2, 0) is 4.74 Å². The highest BCUT2D eigenvalue weighted by molar-refractivity contribution is 6.29. The number of morpholine rings is 1. The monoisotopic (exact) mass is 309 g/mol.